The molecule has 2 fully saturated rings. The number of aliphatic hydroxyl groups excluding tert-OH is 2. The molecule has 0 bridgehead atoms. The highest BCUT2D eigenvalue weighted by Gasteiger charge is 2.38. The van der Waals surface area contributed by atoms with Crippen LogP contribution in [0.4, 0.5) is 0 Å². The third-order valence-electron chi connectivity index (χ3n) is 9.93. The Morgan fingerprint density at radius 2 is 1.50 bits per heavy atom. The lowest BCUT2D eigenvalue weighted by atomic mass is 9.81. The second kappa shape index (κ2) is 17.3. The number of carbonyl (C=O) groups is 3. The number of hydrogen-bond donors (Lipinski definition) is 2. The first kappa shape index (κ1) is 35.9. The summed E-state index contributed by atoms with van der Waals surface area (Å²) in [7, 11) is 3.36. The van der Waals surface area contributed by atoms with Gasteiger partial charge in [0, 0.05) is 40.0 Å². The highest BCUT2D eigenvalue weighted by atomic mass is 16.3. The van der Waals surface area contributed by atoms with Gasteiger partial charge in [0.25, 0.3) is 0 Å². The largest absolute Gasteiger partial charge is 0.390 e. The molecule has 0 aromatic heterocycles. The predicted molar refractivity (Wildman–Crippen MR) is 183 cm³/mol. The van der Waals surface area contributed by atoms with E-state index in [0.717, 1.165) is 54.9 Å². The fourth-order valence-electron chi connectivity index (χ4n) is 6.97. The summed E-state index contributed by atoms with van der Waals surface area (Å²) in [6, 6.07) is 13.8. The minimum absolute atomic E-state index is 0.00294. The molecule has 2 aromatic carbocycles. The Morgan fingerprint density at radius 1 is 0.826 bits per heavy atom. The molecule has 0 radical (unpaired) electrons. The summed E-state index contributed by atoms with van der Waals surface area (Å²) >= 11 is 0. The Kier molecular flexibility index (Phi) is 13.5. The molecule has 0 saturated heterocycles. The number of nitrogens with zero attached hydrogens (tertiary/aromatic N) is 3. The van der Waals surface area contributed by atoms with Crippen LogP contribution in [0.3, 0.4) is 0 Å². The second-order valence-corrected chi connectivity index (χ2v) is 14.5. The molecule has 2 aliphatic carbocycles. The Hall–Kier alpha value is -2.97. The first-order chi connectivity index (χ1) is 22.0. The second-order valence-electron chi connectivity index (χ2n) is 14.5. The highest BCUT2D eigenvalue weighted by Crippen LogP contribution is 2.35. The highest BCUT2D eigenvalue weighted by molar-refractivity contribution is 5.88. The van der Waals surface area contributed by atoms with Crippen LogP contribution in [0.5, 0.6) is 0 Å². The Morgan fingerprint density at radius 3 is 2.17 bits per heavy atom. The molecule has 0 heterocycles. The van der Waals surface area contributed by atoms with E-state index in [2.05, 4.69) is 24.3 Å². The summed E-state index contributed by atoms with van der Waals surface area (Å²) in [5.41, 5.74) is 1.11. The van der Waals surface area contributed by atoms with Crippen LogP contribution in [0.2, 0.25) is 0 Å². The van der Waals surface area contributed by atoms with Crippen LogP contribution in [0.15, 0.2) is 42.5 Å². The van der Waals surface area contributed by atoms with E-state index >= 15 is 0 Å². The van der Waals surface area contributed by atoms with Gasteiger partial charge in [-0.15, -0.1) is 0 Å². The summed E-state index contributed by atoms with van der Waals surface area (Å²) in [6.45, 7) is 4.94. The number of amides is 3. The van der Waals surface area contributed by atoms with E-state index in [1.165, 1.54) is 11.3 Å². The van der Waals surface area contributed by atoms with E-state index in [1.54, 1.807) is 19.0 Å². The number of fused-ring (bicyclic) bond motifs is 1. The molecule has 46 heavy (non-hydrogen) atoms. The maximum Gasteiger partial charge on any atom is 0.241 e. The number of aliphatic hydroxyl groups is 2. The molecule has 8 heteroatoms. The van der Waals surface area contributed by atoms with E-state index in [1.807, 2.05) is 36.9 Å². The molecule has 2 saturated carbocycles. The van der Waals surface area contributed by atoms with Gasteiger partial charge in [-0.3, -0.25) is 14.4 Å². The van der Waals surface area contributed by atoms with Crippen molar-refractivity contribution in [1.82, 2.24) is 14.7 Å². The van der Waals surface area contributed by atoms with Crippen LogP contribution >= 0.6 is 0 Å². The number of hydrogen-bond acceptors (Lipinski definition) is 5. The standard InChI is InChI=1S/C38H57N3O5/c1-27(2)23-34(42)38(46)33(24-28-11-6-5-7-12-28)41(25-29-17-18-29)36(44)20-19-35(43)40(26-37(45)39(3)4)22-21-31-15-10-14-30-13-8-9-16-32(30)31/h8-10,13-16,27-29,33-34,38,42,46H,5-7,11-12,17-26H2,1-4H3/t33-,34-,38+/m0/s1. The lowest BCUT2D eigenvalue weighted by Gasteiger charge is -2.40. The van der Waals surface area contributed by atoms with E-state index in [0.29, 0.717) is 44.2 Å². The quantitative estimate of drug-likeness (QED) is 0.242. The van der Waals surface area contributed by atoms with E-state index in [4.69, 9.17) is 0 Å². The van der Waals surface area contributed by atoms with Crippen molar-refractivity contribution in [3.05, 3.63) is 48.0 Å². The van der Waals surface area contributed by atoms with Crippen molar-refractivity contribution < 1.29 is 24.6 Å². The number of carbonyl (C=O) groups excluding carboxylic acids is 3. The molecule has 0 unspecified atom stereocenters. The SMILES string of the molecule is CC(C)C[C@H](O)[C@H](O)[C@H](CC1CCCCC1)N(CC1CC1)C(=O)CCC(=O)N(CCc1cccc2ccccc12)CC(=O)N(C)C. The van der Waals surface area contributed by atoms with Gasteiger partial charge in [0.15, 0.2) is 0 Å². The van der Waals surface area contributed by atoms with Gasteiger partial charge in [0.2, 0.25) is 17.7 Å². The summed E-state index contributed by atoms with van der Waals surface area (Å²) < 4.78 is 0. The fourth-order valence-corrected chi connectivity index (χ4v) is 6.97. The molecule has 3 atom stereocenters. The maximum absolute atomic E-state index is 14.0. The molecule has 2 N–H and O–H groups in total. The van der Waals surface area contributed by atoms with Gasteiger partial charge in [0.05, 0.1) is 18.7 Å². The van der Waals surface area contributed by atoms with Gasteiger partial charge in [-0.25, -0.2) is 0 Å². The fraction of sp³-hybridized carbons (Fsp3) is 0.658. The van der Waals surface area contributed by atoms with Crippen LogP contribution < -0.4 is 0 Å². The van der Waals surface area contributed by atoms with Crippen molar-refractivity contribution in [2.24, 2.45) is 17.8 Å². The van der Waals surface area contributed by atoms with Crippen molar-refractivity contribution in [3.63, 3.8) is 0 Å². The van der Waals surface area contributed by atoms with E-state index in [9.17, 15) is 24.6 Å². The Labute approximate surface area is 276 Å². The van der Waals surface area contributed by atoms with Crippen LogP contribution in [0.1, 0.15) is 90.0 Å². The average molecular weight is 636 g/mol. The number of benzene rings is 2. The molecule has 254 valence electrons. The predicted octanol–water partition coefficient (Wildman–Crippen LogP) is 5.42. The zero-order valence-electron chi connectivity index (χ0n) is 28.6. The molecule has 8 nitrogen and oxygen atoms in total. The van der Waals surface area contributed by atoms with Crippen LogP contribution in [-0.2, 0) is 20.8 Å². The van der Waals surface area contributed by atoms with Gasteiger partial charge in [0.1, 0.15) is 6.10 Å². The van der Waals surface area contributed by atoms with Crippen LogP contribution in [0, 0.1) is 17.8 Å². The van der Waals surface area contributed by atoms with Gasteiger partial charge in [-0.05, 0) is 66.2 Å². The van der Waals surface area contributed by atoms with Gasteiger partial charge < -0.3 is 24.9 Å². The molecule has 3 amide bonds. The van der Waals surface area contributed by atoms with Crippen LogP contribution in [0.25, 0.3) is 10.8 Å². The number of rotatable bonds is 17. The third-order valence-corrected chi connectivity index (χ3v) is 9.93. The minimum atomic E-state index is -1.03. The monoisotopic (exact) mass is 635 g/mol. The Balaban J connectivity index is 1.48. The lowest BCUT2D eigenvalue weighted by molar-refractivity contribution is -0.144. The van der Waals surface area contributed by atoms with E-state index in [-0.39, 0.29) is 43.0 Å². The first-order valence-electron chi connectivity index (χ1n) is 17.6. The van der Waals surface area contributed by atoms with Gasteiger partial charge in [-0.2, -0.15) is 0 Å². The molecule has 0 spiro atoms. The van der Waals surface area contributed by atoms with Gasteiger partial charge >= 0.3 is 0 Å². The van der Waals surface area contributed by atoms with E-state index < -0.39 is 18.2 Å². The summed E-state index contributed by atoms with van der Waals surface area (Å²) in [5.74, 6) is 0.497. The van der Waals surface area contributed by atoms with Crippen LogP contribution in [-0.4, -0.2) is 94.6 Å². The molecular formula is C38H57N3O5. The Bertz CT molecular complexity index is 1280. The minimum Gasteiger partial charge on any atom is -0.390 e. The van der Waals surface area contributed by atoms with Crippen molar-refractivity contribution in [2.75, 3.05) is 33.7 Å². The molecular weight excluding hydrogens is 578 g/mol. The number of likely N-dealkylation sites (N-methyl/N-ethyl adjacent to an activating group) is 1. The molecule has 0 aliphatic heterocycles. The third kappa shape index (κ3) is 10.5. The summed E-state index contributed by atoms with van der Waals surface area (Å²) in [6.07, 6.45) is 7.63. The smallest absolute Gasteiger partial charge is 0.241 e. The lowest BCUT2D eigenvalue weighted by Crippen LogP contribution is -2.53. The topological polar surface area (TPSA) is 101 Å². The summed E-state index contributed by atoms with van der Waals surface area (Å²) in [4.78, 5) is 45.3. The van der Waals surface area contributed by atoms with Crippen molar-refractivity contribution in [1.29, 1.82) is 0 Å². The average Bonchev–Trinajstić information content (AvgIpc) is 3.87. The van der Waals surface area contributed by atoms with Gasteiger partial charge in [-0.1, -0.05) is 88.4 Å². The molecule has 2 aromatic rings. The van der Waals surface area contributed by atoms with Crippen molar-refractivity contribution >= 4 is 28.5 Å². The maximum atomic E-state index is 14.0. The normalized spacial score (nSPS) is 17.5. The van der Waals surface area contributed by atoms with Crippen molar-refractivity contribution in [2.45, 2.75) is 109 Å². The first-order valence-corrected chi connectivity index (χ1v) is 17.6. The molecule has 2 aliphatic rings. The molecule has 4 rings (SSSR count). The zero-order chi connectivity index (χ0) is 33.2. The zero-order valence-corrected chi connectivity index (χ0v) is 28.6. The summed E-state index contributed by atoms with van der Waals surface area (Å²) in [5, 5.41) is 24.8. The van der Waals surface area contributed by atoms with Crippen molar-refractivity contribution in [3.8, 4) is 0 Å².